The van der Waals surface area contributed by atoms with Gasteiger partial charge in [-0.15, -0.1) is 11.6 Å². The van der Waals surface area contributed by atoms with Gasteiger partial charge in [-0.05, 0) is 46.3 Å². The zero-order chi connectivity index (χ0) is 15.0. The van der Waals surface area contributed by atoms with Gasteiger partial charge in [0.05, 0.1) is 16.7 Å². The van der Waals surface area contributed by atoms with Crippen molar-refractivity contribution in [3.8, 4) is 5.69 Å². The number of halogens is 4. The number of imidazole rings is 1. The van der Waals surface area contributed by atoms with E-state index >= 15 is 0 Å². The monoisotopic (exact) mass is 430 g/mol. The van der Waals surface area contributed by atoms with Gasteiger partial charge in [-0.25, -0.2) is 9.37 Å². The highest BCUT2D eigenvalue weighted by Gasteiger charge is 2.15. The maximum atomic E-state index is 13.4. The van der Waals surface area contributed by atoms with Crippen LogP contribution in [-0.2, 0) is 6.42 Å². The first kappa shape index (κ1) is 15.0. The lowest BCUT2D eigenvalue weighted by atomic mass is 10.2. The lowest BCUT2D eigenvalue weighted by Crippen LogP contribution is -2.03. The Kier molecular flexibility index (Phi) is 4.33. The molecule has 0 saturated heterocycles. The second-order valence-electron chi connectivity index (χ2n) is 4.53. The van der Waals surface area contributed by atoms with Gasteiger partial charge in [-0.1, -0.05) is 15.9 Å². The second-order valence-corrected chi connectivity index (χ2v) is 6.68. The maximum Gasteiger partial charge on any atom is 0.125 e. The van der Waals surface area contributed by atoms with Crippen molar-refractivity contribution in [3.63, 3.8) is 0 Å². The fourth-order valence-electron chi connectivity index (χ4n) is 2.28. The zero-order valence-corrected chi connectivity index (χ0v) is 14.7. The molecule has 0 saturated carbocycles. The first-order chi connectivity index (χ1) is 10.1. The molecule has 0 atom stereocenters. The molecule has 1 aromatic heterocycles. The van der Waals surface area contributed by atoms with Gasteiger partial charge in [0.2, 0.25) is 0 Å². The highest BCUT2D eigenvalue weighted by atomic mass is 79.9. The molecule has 0 N–H and O–H groups in total. The summed E-state index contributed by atoms with van der Waals surface area (Å²) in [5, 5.41) is 0. The van der Waals surface area contributed by atoms with Crippen LogP contribution in [0.1, 0.15) is 5.82 Å². The molecule has 0 spiro atoms. The second kappa shape index (κ2) is 6.07. The predicted molar refractivity (Wildman–Crippen MR) is 90.9 cm³/mol. The zero-order valence-electron chi connectivity index (χ0n) is 10.8. The van der Waals surface area contributed by atoms with E-state index in [9.17, 15) is 4.39 Å². The molecule has 6 heteroatoms. The molecule has 0 aliphatic heterocycles. The van der Waals surface area contributed by atoms with Gasteiger partial charge in [0, 0.05) is 27.3 Å². The minimum absolute atomic E-state index is 0.294. The number of nitrogens with zero attached hydrogens (tertiary/aromatic N) is 2. The van der Waals surface area contributed by atoms with Crippen LogP contribution >= 0.6 is 43.5 Å². The van der Waals surface area contributed by atoms with Crippen LogP contribution in [0.2, 0.25) is 0 Å². The first-order valence-corrected chi connectivity index (χ1v) is 8.40. The molecule has 0 radical (unpaired) electrons. The Morgan fingerprint density at radius 3 is 2.71 bits per heavy atom. The average Bonchev–Trinajstić information content (AvgIpc) is 2.79. The van der Waals surface area contributed by atoms with Crippen molar-refractivity contribution in [1.29, 1.82) is 0 Å². The predicted octanol–water partition coefficient (Wildman–Crippen LogP) is 5.47. The van der Waals surface area contributed by atoms with Crippen LogP contribution in [0.3, 0.4) is 0 Å². The number of rotatable bonds is 3. The van der Waals surface area contributed by atoms with E-state index in [-0.39, 0.29) is 5.82 Å². The van der Waals surface area contributed by atoms with Crippen LogP contribution in [-0.4, -0.2) is 15.4 Å². The van der Waals surface area contributed by atoms with Crippen LogP contribution < -0.4 is 0 Å². The quantitative estimate of drug-likeness (QED) is 0.502. The van der Waals surface area contributed by atoms with Gasteiger partial charge >= 0.3 is 0 Å². The molecule has 0 aliphatic rings. The Morgan fingerprint density at radius 1 is 1.14 bits per heavy atom. The summed E-state index contributed by atoms with van der Waals surface area (Å²) in [7, 11) is 0. The third-order valence-electron chi connectivity index (χ3n) is 3.15. The lowest BCUT2D eigenvalue weighted by Gasteiger charge is -2.11. The number of alkyl halides is 1. The molecule has 2 aromatic carbocycles. The number of fused-ring (bicyclic) bond motifs is 1. The summed E-state index contributed by atoms with van der Waals surface area (Å²) >= 11 is 12.9. The minimum Gasteiger partial charge on any atom is -0.295 e. The van der Waals surface area contributed by atoms with Crippen LogP contribution in [0, 0.1) is 5.82 Å². The van der Waals surface area contributed by atoms with E-state index in [0.717, 1.165) is 26.0 Å². The van der Waals surface area contributed by atoms with Crippen LogP contribution in [0.5, 0.6) is 0 Å². The summed E-state index contributed by atoms with van der Waals surface area (Å²) in [6.45, 7) is 0. The SMILES string of the molecule is Fc1ccc2c(c1)nc(CCCl)n2-c1cc(Br)ccc1Br. The van der Waals surface area contributed by atoms with Crippen molar-refractivity contribution in [3.05, 3.63) is 57.0 Å². The molecular formula is C15H10Br2ClFN2. The van der Waals surface area contributed by atoms with Crippen molar-refractivity contribution in [2.45, 2.75) is 6.42 Å². The van der Waals surface area contributed by atoms with E-state index in [1.807, 2.05) is 22.8 Å². The number of aryl methyl sites for hydroxylation is 1. The summed E-state index contributed by atoms with van der Waals surface area (Å²) in [5.41, 5.74) is 2.43. The third-order valence-corrected chi connectivity index (χ3v) is 4.51. The topological polar surface area (TPSA) is 17.8 Å². The van der Waals surface area contributed by atoms with Crippen molar-refractivity contribution in [1.82, 2.24) is 9.55 Å². The summed E-state index contributed by atoms with van der Waals surface area (Å²) < 4.78 is 17.3. The van der Waals surface area contributed by atoms with E-state index in [2.05, 4.69) is 36.8 Å². The van der Waals surface area contributed by atoms with Gasteiger partial charge < -0.3 is 0 Å². The van der Waals surface area contributed by atoms with Gasteiger partial charge in [0.1, 0.15) is 11.6 Å². The van der Waals surface area contributed by atoms with Crippen molar-refractivity contribution >= 4 is 54.5 Å². The Morgan fingerprint density at radius 2 is 1.95 bits per heavy atom. The molecule has 2 nitrogen and oxygen atoms in total. The van der Waals surface area contributed by atoms with E-state index in [1.165, 1.54) is 12.1 Å². The Bertz CT molecular complexity index is 817. The van der Waals surface area contributed by atoms with Gasteiger partial charge in [-0.3, -0.25) is 4.57 Å². The van der Waals surface area contributed by atoms with E-state index < -0.39 is 0 Å². The number of hydrogen-bond acceptors (Lipinski definition) is 1. The molecule has 21 heavy (non-hydrogen) atoms. The summed E-state index contributed by atoms with van der Waals surface area (Å²) in [6.07, 6.45) is 0.608. The Hall–Kier alpha value is -0.910. The summed E-state index contributed by atoms with van der Waals surface area (Å²) in [4.78, 5) is 4.51. The molecule has 0 fully saturated rings. The molecule has 108 valence electrons. The van der Waals surface area contributed by atoms with E-state index in [0.29, 0.717) is 17.8 Å². The van der Waals surface area contributed by atoms with Crippen LogP contribution in [0.25, 0.3) is 16.7 Å². The Labute approximate surface area is 143 Å². The van der Waals surface area contributed by atoms with Gasteiger partial charge in [0.15, 0.2) is 0 Å². The fourth-order valence-corrected chi connectivity index (χ4v) is 3.22. The number of benzene rings is 2. The van der Waals surface area contributed by atoms with E-state index in [1.54, 1.807) is 6.07 Å². The highest BCUT2D eigenvalue weighted by molar-refractivity contribution is 9.11. The highest BCUT2D eigenvalue weighted by Crippen LogP contribution is 2.30. The first-order valence-electron chi connectivity index (χ1n) is 6.28. The van der Waals surface area contributed by atoms with Gasteiger partial charge in [0.25, 0.3) is 0 Å². The van der Waals surface area contributed by atoms with Crippen molar-refractivity contribution in [2.24, 2.45) is 0 Å². The summed E-state index contributed by atoms with van der Waals surface area (Å²) in [6, 6.07) is 10.5. The molecule has 0 bridgehead atoms. The molecule has 3 aromatic rings. The number of aromatic nitrogens is 2. The smallest absolute Gasteiger partial charge is 0.125 e. The standard InChI is InChI=1S/C15H10Br2ClFN2/c16-9-1-3-11(17)14(7-9)21-13-4-2-10(19)8-12(13)20-15(21)5-6-18/h1-4,7-8H,5-6H2. The van der Waals surface area contributed by atoms with Crippen LogP contribution in [0.4, 0.5) is 4.39 Å². The number of hydrogen-bond donors (Lipinski definition) is 0. The lowest BCUT2D eigenvalue weighted by molar-refractivity contribution is 0.629. The van der Waals surface area contributed by atoms with Crippen molar-refractivity contribution < 1.29 is 4.39 Å². The summed E-state index contributed by atoms with van der Waals surface area (Å²) in [5.74, 6) is 0.972. The van der Waals surface area contributed by atoms with Gasteiger partial charge in [-0.2, -0.15) is 0 Å². The average molecular weight is 433 g/mol. The minimum atomic E-state index is -0.294. The third kappa shape index (κ3) is 2.87. The fraction of sp³-hybridized carbons (Fsp3) is 0.133. The molecule has 0 unspecified atom stereocenters. The molecule has 3 rings (SSSR count). The molecule has 0 amide bonds. The van der Waals surface area contributed by atoms with Crippen LogP contribution in [0.15, 0.2) is 45.3 Å². The maximum absolute atomic E-state index is 13.4. The normalized spacial score (nSPS) is 11.2. The van der Waals surface area contributed by atoms with Crippen molar-refractivity contribution in [2.75, 3.05) is 5.88 Å². The van der Waals surface area contributed by atoms with E-state index in [4.69, 9.17) is 11.6 Å². The Balaban J connectivity index is 2.33. The molecule has 1 heterocycles. The molecule has 0 aliphatic carbocycles. The molecular weight excluding hydrogens is 422 g/mol. The largest absolute Gasteiger partial charge is 0.295 e.